The molecule has 1 heterocycles. The summed E-state index contributed by atoms with van der Waals surface area (Å²) in [6, 6.07) is 12.9. The fraction of sp³-hybridized carbons (Fsp3) is 0.0556. The first-order valence-electron chi connectivity index (χ1n) is 7.50. The molecule has 1 amide bonds. The lowest BCUT2D eigenvalue weighted by Crippen LogP contribution is -2.18. The van der Waals surface area contributed by atoms with Crippen molar-refractivity contribution < 1.29 is 14.4 Å². The molecule has 0 bridgehead atoms. The first-order chi connectivity index (χ1) is 12.5. The lowest BCUT2D eigenvalue weighted by Gasteiger charge is -2.03. The number of aromatic hydroxyl groups is 1. The van der Waals surface area contributed by atoms with E-state index in [9.17, 15) is 9.90 Å². The summed E-state index contributed by atoms with van der Waals surface area (Å²) in [7, 11) is 0. The summed E-state index contributed by atoms with van der Waals surface area (Å²) in [6.45, 7) is 1.68. The minimum absolute atomic E-state index is 0.236. The number of phenolic OH excluding ortho intramolecular Hbond substituents is 1. The highest BCUT2D eigenvalue weighted by Crippen LogP contribution is 2.27. The van der Waals surface area contributed by atoms with Gasteiger partial charge in [-0.15, -0.1) is 0 Å². The van der Waals surface area contributed by atoms with E-state index < -0.39 is 5.91 Å². The van der Waals surface area contributed by atoms with E-state index in [4.69, 9.17) is 4.52 Å². The maximum Gasteiger partial charge on any atom is 0.277 e. The quantitative estimate of drug-likeness (QED) is 0.277. The van der Waals surface area contributed by atoms with E-state index in [1.54, 1.807) is 19.1 Å². The van der Waals surface area contributed by atoms with Gasteiger partial charge in [0.05, 0.1) is 13.4 Å². The molecule has 0 aliphatic carbocycles. The number of nitrogens with zero attached hydrogens (tertiary/aromatic N) is 2. The highest BCUT2D eigenvalue weighted by atomic mass is 127. The van der Waals surface area contributed by atoms with Gasteiger partial charge in [0.1, 0.15) is 22.8 Å². The molecule has 1 aromatic heterocycles. The van der Waals surface area contributed by atoms with E-state index in [1.807, 2.05) is 75.5 Å². The van der Waals surface area contributed by atoms with E-state index in [-0.39, 0.29) is 5.75 Å². The number of aryl methyl sites for hydroxylation is 1. The minimum atomic E-state index is -0.401. The number of halogens is 2. The Balaban J connectivity index is 1.80. The Kier molecular flexibility index (Phi) is 5.91. The number of hydrazone groups is 1. The summed E-state index contributed by atoms with van der Waals surface area (Å²) in [4.78, 5) is 12.5. The first-order valence-corrected chi connectivity index (χ1v) is 9.66. The number of phenols is 1. The minimum Gasteiger partial charge on any atom is -0.506 e. The number of nitrogens with one attached hydrogen (secondary N) is 1. The molecule has 132 valence electrons. The maximum atomic E-state index is 12.5. The van der Waals surface area contributed by atoms with Gasteiger partial charge in [-0.25, -0.2) is 5.43 Å². The molecule has 0 aliphatic heterocycles. The van der Waals surface area contributed by atoms with Crippen LogP contribution in [0.5, 0.6) is 5.75 Å². The van der Waals surface area contributed by atoms with Crippen molar-refractivity contribution in [3.05, 3.63) is 66.5 Å². The van der Waals surface area contributed by atoms with Crippen LogP contribution in [0.1, 0.15) is 21.7 Å². The summed E-state index contributed by atoms with van der Waals surface area (Å²) < 4.78 is 6.61. The lowest BCUT2D eigenvalue weighted by molar-refractivity contribution is 0.0954. The zero-order chi connectivity index (χ0) is 18.7. The van der Waals surface area contributed by atoms with Crippen molar-refractivity contribution in [3.63, 3.8) is 0 Å². The van der Waals surface area contributed by atoms with Gasteiger partial charge in [0.25, 0.3) is 5.91 Å². The fourth-order valence-corrected chi connectivity index (χ4v) is 4.13. The number of rotatable bonds is 4. The van der Waals surface area contributed by atoms with E-state index in [2.05, 4.69) is 15.7 Å². The maximum absolute atomic E-state index is 12.5. The normalized spacial score (nSPS) is 11.0. The van der Waals surface area contributed by atoms with Gasteiger partial charge in [0.15, 0.2) is 0 Å². The average Bonchev–Trinajstić information content (AvgIpc) is 3.02. The smallest absolute Gasteiger partial charge is 0.277 e. The van der Waals surface area contributed by atoms with Crippen LogP contribution in [-0.4, -0.2) is 22.4 Å². The third-order valence-corrected chi connectivity index (χ3v) is 5.20. The largest absolute Gasteiger partial charge is 0.506 e. The molecule has 8 heteroatoms. The summed E-state index contributed by atoms with van der Waals surface area (Å²) >= 11 is 4.08. The molecule has 3 aromatic rings. The number of carbonyl (C=O) groups excluding carboxylic acids is 1. The molecule has 3 rings (SSSR count). The van der Waals surface area contributed by atoms with Crippen LogP contribution < -0.4 is 5.43 Å². The van der Waals surface area contributed by atoms with Crippen LogP contribution in [0.15, 0.2) is 52.1 Å². The SMILES string of the molecule is Cc1onc(-c2ccccc2)c1C(=O)NN=Cc1cc(I)c(O)c(I)c1. The number of benzene rings is 2. The summed E-state index contributed by atoms with van der Waals surface area (Å²) in [5, 5.41) is 17.8. The molecule has 6 nitrogen and oxygen atoms in total. The molecule has 0 atom stereocenters. The lowest BCUT2D eigenvalue weighted by atomic mass is 10.1. The molecule has 0 fully saturated rings. The van der Waals surface area contributed by atoms with Gasteiger partial charge in [-0.1, -0.05) is 35.5 Å². The van der Waals surface area contributed by atoms with E-state index in [0.29, 0.717) is 24.2 Å². The third kappa shape index (κ3) is 4.06. The number of hydrogen-bond acceptors (Lipinski definition) is 5. The molecule has 0 saturated heterocycles. The average molecular weight is 573 g/mol. The Morgan fingerprint density at radius 2 is 1.88 bits per heavy atom. The monoisotopic (exact) mass is 573 g/mol. The van der Waals surface area contributed by atoms with Crippen molar-refractivity contribution in [3.8, 4) is 17.0 Å². The second kappa shape index (κ2) is 8.16. The van der Waals surface area contributed by atoms with Gasteiger partial charge >= 0.3 is 0 Å². The van der Waals surface area contributed by atoms with Crippen molar-refractivity contribution >= 4 is 57.3 Å². The van der Waals surface area contributed by atoms with Crippen molar-refractivity contribution in [2.24, 2.45) is 5.10 Å². The molecule has 2 aromatic carbocycles. The van der Waals surface area contributed by atoms with Gasteiger partial charge < -0.3 is 9.63 Å². The van der Waals surface area contributed by atoms with Crippen LogP contribution in [0.4, 0.5) is 0 Å². The van der Waals surface area contributed by atoms with Crippen molar-refractivity contribution in [1.82, 2.24) is 10.6 Å². The first kappa shape index (κ1) is 18.8. The second-order valence-electron chi connectivity index (χ2n) is 5.36. The van der Waals surface area contributed by atoms with Crippen LogP contribution in [0, 0.1) is 14.1 Å². The Morgan fingerprint density at radius 3 is 2.54 bits per heavy atom. The Labute approximate surface area is 177 Å². The molecule has 0 radical (unpaired) electrons. The number of carbonyl (C=O) groups is 1. The Morgan fingerprint density at radius 1 is 1.23 bits per heavy atom. The van der Waals surface area contributed by atoms with Crippen LogP contribution in [0.3, 0.4) is 0 Å². The molecule has 0 aliphatic rings. The van der Waals surface area contributed by atoms with Gasteiger partial charge in [0, 0.05) is 5.56 Å². The zero-order valence-corrected chi connectivity index (χ0v) is 17.8. The van der Waals surface area contributed by atoms with Gasteiger partial charge in [-0.2, -0.15) is 5.10 Å². The predicted molar refractivity (Wildman–Crippen MR) is 115 cm³/mol. The topological polar surface area (TPSA) is 87.7 Å². The number of amides is 1. The zero-order valence-electron chi connectivity index (χ0n) is 13.5. The van der Waals surface area contributed by atoms with Crippen LogP contribution in [0.25, 0.3) is 11.3 Å². The summed E-state index contributed by atoms with van der Waals surface area (Å²) in [5.41, 5.74) is 4.89. The fourth-order valence-electron chi connectivity index (χ4n) is 2.31. The van der Waals surface area contributed by atoms with Gasteiger partial charge in [0.2, 0.25) is 0 Å². The van der Waals surface area contributed by atoms with E-state index in [1.165, 1.54) is 6.21 Å². The van der Waals surface area contributed by atoms with E-state index in [0.717, 1.165) is 11.1 Å². The summed E-state index contributed by atoms with van der Waals surface area (Å²) in [6.07, 6.45) is 1.52. The van der Waals surface area contributed by atoms with Crippen molar-refractivity contribution in [2.75, 3.05) is 0 Å². The van der Waals surface area contributed by atoms with Crippen LogP contribution in [0.2, 0.25) is 0 Å². The number of aromatic nitrogens is 1. The molecular formula is C18H13I2N3O3. The predicted octanol–water partition coefficient (Wildman–Crippen LogP) is 4.33. The molecule has 26 heavy (non-hydrogen) atoms. The van der Waals surface area contributed by atoms with Crippen LogP contribution >= 0.6 is 45.2 Å². The summed E-state index contributed by atoms with van der Waals surface area (Å²) in [5.74, 6) is 0.257. The molecule has 0 saturated carbocycles. The molecule has 0 unspecified atom stereocenters. The molecule has 0 spiro atoms. The van der Waals surface area contributed by atoms with Crippen molar-refractivity contribution in [2.45, 2.75) is 6.92 Å². The Hall–Kier alpha value is -1.95. The highest BCUT2D eigenvalue weighted by molar-refractivity contribution is 14.1. The van der Waals surface area contributed by atoms with Gasteiger partial charge in [-0.05, 0) is 69.8 Å². The van der Waals surface area contributed by atoms with Crippen LogP contribution in [-0.2, 0) is 0 Å². The van der Waals surface area contributed by atoms with Crippen molar-refractivity contribution in [1.29, 1.82) is 0 Å². The Bertz CT molecular complexity index is 962. The molecular weight excluding hydrogens is 560 g/mol. The van der Waals surface area contributed by atoms with Gasteiger partial charge in [-0.3, -0.25) is 4.79 Å². The van der Waals surface area contributed by atoms with E-state index >= 15 is 0 Å². The highest BCUT2D eigenvalue weighted by Gasteiger charge is 2.21. The standard InChI is InChI=1S/C18H13I2N3O3/c1-10-15(16(23-26-10)12-5-3-2-4-6-12)18(25)22-21-9-11-7-13(19)17(24)14(20)8-11/h2-9,24H,1H3,(H,22,25). The number of hydrogen-bond donors (Lipinski definition) is 2. The third-order valence-electron chi connectivity index (χ3n) is 3.56. The second-order valence-corrected chi connectivity index (χ2v) is 7.69. The molecule has 2 N–H and O–H groups in total.